The monoisotopic (exact) mass is 663 g/mol. The van der Waals surface area contributed by atoms with Crippen molar-refractivity contribution in [2.75, 3.05) is 4.90 Å². The van der Waals surface area contributed by atoms with Crippen LogP contribution in [-0.2, 0) is 22.7 Å². The van der Waals surface area contributed by atoms with Crippen LogP contribution >= 0.6 is 0 Å². The molecule has 51 heavy (non-hydrogen) atoms. The zero-order valence-electron chi connectivity index (χ0n) is 31.4. The van der Waals surface area contributed by atoms with Crippen molar-refractivity contribution in [3.8, 4) is 22.3 Å². The van der Waals surface area contributed by atoms with Crippen molar-refractivity contribution < 1.29 is 0 Å². The maximum absolute atomic E-state index is 2.41. The Morgan fingerprint density at radius 1 is 0.490 bits per heavy atom. The van der Waals surface area contributed by atoms with Crippen LogP contribution in [0.2, 0.25) is 0 Å². The van der Waals surface area contributed by atoms with Crippen LogP contribution in [0.1, 0.15) is 99.9 Å². The molecule has 0 atom stereocenters. The fourth-order valence-electron chi connectivity index (χ4n) is 8.44. The Labute approximate surface area is 305 Å². The van der Waals surface area contributed by atoms with Gasteiger partial charge in [-0.15, -0.1) is 0 Å². The summed E-state index contributed by atoms with van der Waals surface area (Å²) in [5, 5.41) is 0. The minimum Gasteiger partial charge on any atom is -0.310 e. The van der Waals surface area contributed by atoms with E-state index in [1.807, 2.05) is 0 Å². The van der Waals surface area contributed by atoms with Crippen LogP contribution in [-0.4, -0.2) is 0 Å². The minimum absolute atomic E-state index is 0.00848. The van der Waals surface area contributed by atoms with Gasteiger partial charge >= 0.3 is 0 Å². The third kappa shape index (κ3) is 5.55. The van der Waals surface area contributed by atoms with Crippen LogP contribution in [0.5, 0.6) is 0 Å². The smallest absolute Gasteiger partial charge is 0.0465 e. The van der Waals surface area contributed by atoms with E-state index in [4.69, 9.17) is 0 Å². The van der Waals surface area contributed by atoms with Gasteiger partial charge in [-0.1, -0.05) is 159 Å². The molecular weight excluding hydrogens is 615 g/mol. The Morgan fingerprint density at radius 3 is 1.65 bits per heavy atom. The Hall–Kier alpha value is -5.14. The molecule has 0 bridgehead atoms. The van der Waals surface area contributed by atoms with Gasteiger partial charge in [0.1, 0.15) is 0 Å². The first-order valence-corrected chi connectivity index (χ1v) is 18.6. The van der Waals surface area contributed by atoms with E-state index in [9.17, 15) is 0 Å². The third-order valence-electron chi connectivity index (χ3n) is 11.6. The number of fused-ring (bicyclic) bond motifs is 6. The molecule has 254 valence electrons. The van der Waals surface area contributed by atoms with Gasteiger partial charge in [0.15, 0.2) is 0 Å². The average Bonchev–Trinajstić information content (AvgIpc) is 3.50. The van der Waals surface area contributed by atoms with Crippen LogP contribution in [0.3, 0.4) is 0 Å². The van der Waals surface area contributed by atoms with E-state index in [2.05, 4.69) is 200 Å². The Balaban J connectivity index is 1.12. The summed E-state index contributed by atoms with van der Waals surface area (Å²) in [7, 11) is 0. The molecule has 0 heterocycles. The highest BCUT2D eigenvalue weighted by molar-refractivity contribution is 5.86. The lowest BCUT2D eigenvalue weighted by molar-refractivity contribution is 0.590. The number of anilines is 3. The molecule has 0 radical (unpaired) electrons. The predicted molar refractivity (Wildman–Crippen MR) is 220 cm³/mol. The number of aryl methyl sites for hydroxylation is 1. The molecule has 1 nitrogen and oxygen atoms in total. The first-order valence-electron chi connectivity index (χ1n) is 18.6. The fourth-order valence-corrected chi connectivity index (χ4v) is 8.44. The van der Waals surface area contributed by atoms with E-state index in [1.54, 1.807) is 0 Å². The van der Waals surface area contributed by atoms with Crippen LogP contribution in [0.15, 0.2) is 127 Å². The van der Waals surface area contributed by atoms with E-state index < -0.39 is 0 Å². The zero-order valence-corrected chi connectivity index (χ0v) is 31.4. The van der Waals surface area contributed by atoms with Gasteiger partial charge in [0.05, 0.1) is 0 Å². The number of rotatable bonds is 6. The summed E-state index contributed by atoms with van der Waals surface area (Å²) in [6.45, 7) is 18.5. The second kappa shape index (κ2) is 12.0. The molecule has 1 heteroatoms. The van der Waals surface area contributed by atoms with Crippen molar-refractivity contribution in [2.45, 2.75) is 78.1 Å². The summed E-state index contributed by atoms with van der Waals surface area (Å²) in [6.07, 6.45) is 5.57. The second-order valence-corrected chi connectivity index (χ2v) is 16.6. The van der Waals surface area contributed by atoms with Gasteiger partial charge in [0.2, 0.25) is 0 Å². The van der Waals surface area contributed by atoms with E-state index in [0.29, 0.717) is 0 Å². The summed E-state index contributed by atoms with van der Waals surface area (Å²) < 4.78 is 0. The molecule has 2 aliphatic rings. The molecule has 0 saturated carbocycles. The quantitative estimate of drug-likeness (QED) is 0.160. The molecule has 0 saturated heterocycles. The summed E-state index contributed by atoms with van der Waals surface area (Å²) >= 11 is 0. The zero-order chi connectivity index (χ0) is 35.7. The van der Waals surface area contributed by atoms with E-state index in [0.717, 1.165) is 17.8 Å². The Bertz CT molecular complexity index is 2310. The van der Waals surface area contributed by atoms with Crippen molar-refractivity contribution in [3.63, 3.8) is 0 Å². The Kier molecular flexibility index (Phi) is 7.76. The lowest BCUT2D eigenvalue weighted by atomic mass is 9.81. The van der Waals surface area contributed by atoms with E-state index >= 15 is 0 Å². The van der Waals surface area contributed by atoms with Gasteiger partial charge in [0.25, 0.3) is 0 Å². The topological polar surface area (TPSA) is 3.24 Å². The van der Waals surface area contributed by atoms with Crippen LogP contribution in [0.25, 0.3) is 34.4 Å². The predicted octanol–water partition coefficient (Wildman–Crippen LogP) is 13.8. The first-order chi connectivity index (χ1) is 24.4. The highest BCUT2D eigenvalue weighted by atomic mass is 15.1. The van der Waals surface area contributed by atoms with Crippen molar-refractivity contribution in [1.29, 1.82) is 0 Å². The van der Waals surface area contributed by atoms with Gasteiger partial charge in [-0.2, -0.15) is 0 Å². The van der Waals surface area contributed by atoms with Gasteiger partial charge < -0.3 is 4.90 Å². The molecule has 8 rings (SSSR count). The van der Waals surface area contributed by atoms with Crippen molar-refractivity contribution in [2.24, 2.45) is 0 Å². The molecule has 6 aromatic rings. The second-order valence-electron chi connectivity index (χ2n) is 16.6. The SMILES string of the molecule is CCc1ccc2c(c1)C(C)(C)c1cc(C=Cc3ccc(N(c4ccc(C(C)(C)C)cc4)c4ccc5c(c4)C(C)(C)c4ccccc4-5)cc3)ccc1-2. The van der Waals surface area contributed by atoms with Gasteiger partial charge in [-0.05, 0) is 115 Å². The molecule has 0 N–H and O–H groups in total. The highest BCUT2D eigenvalue weighted by Gasteiger charge is 2.37. The maximum Gasteiger partial charge on any atom is 0.0465 e. The maximum atomic E-state index is 2.41. The highest BCUT2D eigenvalue weighted by Crippen LogP contribution is 2.51. The minimum atomic E-state index is -0.0631. The largest absolute Gasteiger partial charge is 0.310 e. The molecule has 2 aliphatic carbocycles. The molecule has 0 amide bonds. The van der Waals surface area contributed by atoms with Crippen molar-refractivity contribution >= 4 is 29.2 Å². The van der Waals surface area contributed by atoms with Crippen molar-refractivity contribution in [1.82, 2.24) is 0 Å². The number of nitrogens with zero attached hydrogens (tertiary/aromatic N) is 1. The summed E-state index contributed by atoms with van der Waals surface area (Å²) in [4.78, 5) is 2.41. The third-order valence-corrected chi connectivity index (χ3v) is 11.6. The lowest BCUT2D eigenvalue weighted by Gasteiger charge is -2.29. The molecule has 0 aromatic heterocycles. The van der Waals surface area contributed by atoms with Gasteiger partial charge in [-0.3, -0.25) is 0 Å². The number of hydrogen-bond donors (Lipinski definition) is 0. The molecule has 0 fully saturated rings. The van der Waals surface area contributed by atoms with E-state index in [1.165, 1.54) is 72.4 Å². The van der Waals surface area contributed by atoms with Crippen molar-refractivity contribution in [3.05, 3.63) is 172 Å². The Morgan fingerprint density at radius 2 is 0.980 bits per heavy atom. The van der Waals surface area contributed by atoms with Gasteiger partial charge in [0, 0.05) is 27.9 Å². The van der Waals surface area contributed by atoms with E-state index in [-0.39, 0.29) is 16.2 Å². The standard InChI is InChI=1S/C50H49N/c1-9-33-18-27-41-42-28-19-35(31-46(42)50(7,8)45(41)30-33)15-14-34-16-22-37(23-17-34)51(38-24-20-36(21-25-38)48(2,3)4)39-26-29-43-40-12-10-11-13-44(40)49(5,6)47(43)32-39/h10-32H,9H2,1-8H3. The number of benzene rings is 6. The summed E-state index contributed by atoms with van der Waals surface area (Å²) in [6, 6.07) is 48.0. The molecule has 0 unspecified atom stereocenters. The molecule has 0 spiro atoms. The van der Waals surface area contributed by atoms with Gasteiger partial charge in [-0.25, -0.2) is 0 Å². The first kappa shape index (κ1) is 33.0. The van der Waals surface area contributed by atoms with Crippen LogP contribution < -0.4 is 4.90 Å². The molecular formula is C50H49N. The average molecular weight is 664 g/mol. The summed E-state index contributed by atoms with van der Waals surface area (Å²) in [5.74, 6) is 0. The fraction of sp³-hybridized carbons (Fsp3) is 0.240. The summed E-state index contributed by atoms with van der Waals surface area (Å²) in [5.41, 5.74) is 19.7. The molecule has 0 aliphatic heterocycles. The number of hydrogen-bond acceptors (Lipinski definition) is 1. The van der Waals surface area contributed by atoms with Crippen LogP contribution in [0.4, 0.5) is 17.1 Å². The lowest BCUT2D eigenvalue weighted by Crippen LogP contribution is -2.17. The van der Waals surface area contributed by atoms with Crippen LogP contribution in [0, 0.1) is 0 Å². The normalized spacial score (nSPS) is 15.0. The molecule has 6 aromatic carbocycles.